The molecule has 2 rings (SSSR count). The Kier molecular flexibility index (Phi) is 7.13. The van der Waals surface area contributed by atoms with Crippen molar-refractivity contribution in [3.05, 3.63) is 71.8 Å². The lowest BCUT2D eigenvalue weighted by Gasteiger charge is -2.19. The third-order valence-corrected chi connectivity index (χ3v) is 3.86. The van der Waals surface area contributed by atoms with Crippen molar-refractivity contribution in [2.24, 2.45) is 0 Å². The summed E-state index contributed by atoms with van der Waals surface area (Å²) in [5.74, 6) is 8.07. The maximum atomic E-state index is 5.48. The van der Waals surface area contributed by atoms with Gasteiger partial charge in [0.25, 0.3) is 0 Å². The van der Waals surface area contributed by atoms with Crippen molar-refractivity contribution < 1.29 is 9.47 Å². The van der Waals surface area contributed by atoms with E-state index >= 15 is 0 Å². The minimum absolute atomic E-state index is 0.662. The van der Waals surface area contributed by atoms with E-state index in [0.29, 0.717) is 6.54 Å². The van der Waals surface area contributed by atoms with E-state index < -0.39 is 0 Å². The van der Waals surface area contributed by atoms with Gasteiger partial charge in [0.1, 0.15) is 11.5 Å². The third-order valence-electron chi connectivity index (χ3n) is 3.86. The zero-order valence-corrected chi connectivity index (χ0v) is 15.2. The SMILES string of the molecule is C=CCN(CC#Cc1ccc(C)cc1)Cc1ccc(OC)cc1OC. The van der Waals surface area contributed by atoms with E-state index in [4.69, 9.17) is 9.47 Å². The van der Waals surface area contributed by atoms with E-state index in [9.17, 15) is 0 Å². The second kappa shape index (κ2) is 9.56. The van der Waals surface area contributed by atoms with E-state index in [0.717, 1.165) is 35.7 Å². The first-order valence-corrected chi connectivity index (χ1v) is 8.26. The molecule has 0 radical (unpaired) electrons. The molecular weight excluding hydrogens is 310 g/mol. The topological polar surface area (TPSA) is 21.7 Å². The average molecular weight is 335 g/mol. The molecule has 0 unspecified atom stereocenters. The first kappa shape index (κ1) is 18.6. The maximum Gasteiger partial charge on any atom is 0.127 e. The lowest BCUT2D eigenvalue weighted by molar-refractivity contribution is 0.320. The maximum absolute atomic E-state index is 5.48. The number of methoxy groups -OCH3 is 2. The fourth-order valence-electron chi connectivity index (χ4n) is 2.48. The van der Waals surface area contributed by atoms with Crippen LogP contribution in [0.4, 0.5) is 0 Å². The standard InChI is InChI=1S/C22H25NO2/c1-5-14-23(15-6-7-19-10-8-18(2)9-11-19)17-20-12-13-21(24-3)16-22(20)25-4/h5,8-13,16H,1,14-15,17H2,2-4H3. The van der Waals surface area contributed by atoms with Gasteiger partial charge in [-0.15, -0.1) is 6.58 Å². The normalized spacial score (nSPS) is 10.1. The van der Waals surface area contributed by atoms with Crippen LogP contribution >= 0.6 is 0 Å². The summed E-state index contributed by atoms with van der Waals surface area (Å²) in [4.78, 5) is 2.22. The molecule has 2 aromatic rings. The summed E-state index contributed by atoms with van der Waals surface area (Å²) in [5.41, 5.74) is 3.37. The van der Waals surface area contributed by atoms with Crippen LogP contribution in [0.3, 0.4) is 0 Å². The predicted octanol–water partition coefficient (Wildman–Crippen LogP) is 4.05. The lowest BCUT2D eigenvalue weighted by atomic mass is 10.1. The van der Waals surface area contributed by atoms with Gasteiger partial charge >= 0.3 is 0 Å². The number of ether oxygens (including phenoxy) is 2. The van der Waals surface area contributed by atoms with Gasteiger partial charge in [0.05, 0.1) is 20.8 Å². The molecule has 0 amide bonds. The molecule has 25 heavy (non-hydrogen) atoms. The zero-order chi connectivity index (χ0) is 18.1. The number of aryl methyl sites for hydroxylation is 1. The van der Waals surface area contributed by atoms with Gasteiger partial charge in [-0.05, 0) is 25.1 Å². The second-order valence-corrected chi connectivity index (χ2v) is 5.80. The van der Waals surface area contributed by atoms with Crippen LogP contribution in [0.25, 0.3) is 0 Å². The molecule has 0 saturated carbocycles. The van der Waals surface area contributed by atoms with Gasteiger partial charge in [-0.3, -0.25) is 4.90 Å². The molecule has 0 aliphatic carbocycles. The van der Waals surface area contributed by atoms with Crippen LogP contribution in [0.1, 0.15) is 16.7 Å². The van der Waals surface area contributed by atoms with Crippen LogP contribution in [0, 0.1) is 18.8 Å². The Morgan fingerprint density at radius 2 is 1.84 bits per heavy atom. The number of nitrogens with zero attached hydrogens (tertiary/aromatic N) is 1. The van der Waals surface area contributed by atoms with E-state index in [1.165, 1.54) is 5.56 Å². The van der Waals surface area contributed by atoms with Crippen molar-refractivity contribution >= 4 is 0 Å². The van der Waals surface area contributed by atoms with E-state index in [1.807, 2.05) is 36.4 Å². The minimum atomic E-state index is 0.662. The van der Waals surface area contributed by atoms with Crippen LogP contribution in [0.15, 0.2) is 55.1 Å². The molecule has 0 spiro atoms. The summed E-state index contributed by atoms with van der Waals surface area (Å²) in [6.45, 7) is 8.08. The van der Waals surface area contributed by atoms with Crippen molar-refractivity contribution in [2.45, 2.75) is 13.5 Å². The highest BCUT2D eigenvalue weighted by Crippen LogP contribution is 2.25. The number of hydrogen-bond donors (Lipinski definition) is 0. The molecule has 0 fully saturated rings. The van der Waals surface area contributed by atoms with Crippen molar-refractivity contribution in [1.82, 2.24) is 4.90 Å². The van der Waals surface area contributed by atoms with E-state index in [-0.39, 0.29) is 0 Å². The number of benzene rings is 2. The molecule has 0 saturated heterocycles. The highest BCUT2D eigenvalue weighted by atomic mass is 16.5. The van der Waals surface area contributed by atoms with Gasteiger partial charge < -0.3 is 9.47 Å². The third kappa shape index (κ3) is 5.70. The van der Waals surface area contributed by atoms with Crippen molar-refractivity contribution in [2.75, 3.05) is 27.3 Å². The fraction of sp³-hybridized carbons (Fsp3) is 0.273. The van der Waals surface area contributed by atoms with Gasteiger partial charge in [-0.2, -0.15) is 0 Å². The Balaban J connectivity index is 2.08. The van der Waals surface area contributed by atoms with E-state index in [2.05, 4.69) is 42.4 Å². The summed E-state index contributed by atoms with van der Waals surface area (Å²) < 4.78 is 10.7. The summed E-state index contributed by atoms with van der Waals surface area (Å²) in [7, 11) is 3.33. The van der Waals surface area contributed by atoms with Crippen LogP contribution in [-0.2, 0) is 6.54 Å². The predicted molar refractivity (Wildman–Crippen MR) is 103 cm³/mol. The Morgan fingerprint density at radius 1 is 1.08 bits per heavy atom. The molecule has 3 heteroatoms. The molecule has 2 aromatic carbocycles. The molecule has 0 N–H and O–H groups in total. The Bertz CT molecular complexity index is 754. The van der Waals surface area contributed by atoms with E-state index in [1.54, 1.807) is 14.2 Å². The van der Waals surface area contributed by atoms with Crippen molar-refractivity contribution in [3.63, 3.8) is 0 Å². The second-order valence-electron chi connectivity index (χ2n) is 5.80. The van der Waals surface area contributed by atoms with Crippen LogP contribution < -0.4 is 9.47 Å². The highest BCUT2D eigenvalue weighted by Gasteiger charge is 2.09. The summed E-state index contributed by atoms with van der Waals surface area (Å²) in [5, 5.41) is 0. The van der Waals surface area contributed by atoms with Gasteiger partial charge in [-0.25, -0.2) is 0 Å². The molecule has 0 atom stereocenters. The van der Waals surface area contributed by atoms with Gasteiger partial charge in [0, 0.05) is 30.3 Å². The molecule has 0 aliphatic heterocycles. The van der Waals surface area contributed by atoms with Gasteiger partial charge in [-0.1, -0.05) is 41.7 Å². The van der Waals surface area contributed by atoms with Crippen molar-refractivity contribution in [1.29, 1.82) is 0 Å². The molecule has 0 aromatic heterocycles. The van der Waals surface area contributed by atoms with Crippen molar-refractivity contribution in [3.8, 4) is 23.3 Å². The largest absolute Gasteiger partial charge is 0.497 e. The Hall–Kier alpha value is -2.70. The smallest absolute Gasteiger partial charge is 0.127 e. The monoisotopic (exact) mass is 335 g/mol. The molecule has 0 heterocycles. The van der Waals surface area contributed by atoms with Gasteiger partial charge in [0.15, 0.2) is 0 Å². The molecule has 130 valence electrons. The fourth-order valence-corrected chi connectivity index (χ4v) is 2.48. The van der Waals surface area contributed by atoms with Crippen LogP contribution in [0.5, 0.6) is 11.5 Å². The lowest BCUT2D eigenvalue weighted by Crippen LogP contribution is -2.24. The van der Waals surface area contributed by atoms with Crippen LogP contribution in [0.2, 0.25) is 0 Å². The first-order valence-electron chi connectivity index (χ1n) is 8.26. The minimum Gasteiger partial charge on any atom is -0.497 e. The molecule has 3 nitrogen and oxygen atoms in total. The Morgan fingerprint density at radius 3 is 2.48 bits per heavy atom. The molecule has 0 bridgehead atoms. The summed E-state index contributed by atoms with van der Waals surface area (Å²) in [6.07, 6.45) is 1.89. The average Bonchev–Trinajstić information content (AvgIpc) is 2.63. The van der Waals surface area contributed by atoms with Gasteiger partial charge in [0.2, 0.25) is 0 Å². The Labute approximate surface area is 150 Å². The highest BCUT2D eigenvalue weighted by molar-refractivity contribution is 5.41. The summed E-state index contributed by atoms with van der Waals surface area (Å²) in [6, 6.07) is 14.1. The zero-order valence-electron chi connectivity index (χ0n) is 15.2. The number of rotatable bonds is 7. The molecular formula is C22H25NO2. The number of hydrogen-bond acceptors (Lipinski definition) is 3. The quantitative estimate of drug-likeness (QED) is 0.563. The molecule has 0 aliphatic rings. The van der Waals surface area contributed by atoms with Crippen LogP contribution in [-0.4, -0.2) is 32.2 Å². The summed E-state index contributed by atoms with van der Waals surface area (Å²) >= 11 is 0. The first-order chi connectivity index (χ1) is 12.2.